The number of rotatable bonds is 7. The second-order valence-corrected chi connectivity index (χ2v) is 5.68. The maximum Gasteiger partial charge on any atom is 0.0598 e. The summed E-state index contributed by atoms with van der Waals surface area (Å²) >= 11 is 3.75. The van der Waals surface area contributed by atoms with Crippen molar-refractivity contribution in [2.75, 3.05) is 39.5 Å². The van der Waals surface area contributed by atoms with Crippen LogP contribution in [0.1, 0.15) is 0 Å². The average molecular weight is 230 g/mol. The van der Waals surface area contributed by atoms with Crippen molar-refractivity contribution in [3.63, 3.8) is 0 Å². The Morgan fingerprint density at radius 1 is 1.43 bits per heavy atom. The van der Waals surface area contributed by atoms with Gasteiger partial charge in [0.15, 0.2) is 0 Å². The predicted octanol–water partition coefficient (Wildman–Crippen LogP) is 1.99. The number of nitrogens with zero attached hydrogens (tertiary/aromatic N) is 1. The lowest BCUT2D eigenvalue weighted by molar-refractivity contribution is 0.403. The molecule has 0 aliphatic carbocycles. The molecule has 0 bridgehead atoms. The van der Waals surface area contributed by atoms with Crippen LogP contribution in [0.2, 0.25) is 0 Å². The molecule has 1 aromatic heterocycles. The third-order valence-electron chi connectivity index (χ3n) is 1.75. The Balaban J connectivity index is 1.90. The Labute approximate surface area is 94.7 Å². The largest absolute Gasteiger partial charge is 0.315 e. The van der Waals surface area contributed by atoms with Crippen molar-refractivity contribution < 1.29 is 0 Å². The van der Waals surface area contributed by atoms with Gasteiger partial charge in [-0.25, -0.2) is 0 Å². The zero-order valence-electron chi connectivity index (χ0n) is 8.82. The van der Waals surface area contributed by atoms with Crippen molar-refractivity contribution in [3.05, 3.63) is 17.5 Å². The smallest absolute Gasteiger partial charge is 0.0598 e. The fraction of sp³-hybridized carbons (Fsp3) is 0.600. The van der Waals surface area contributed by atoms with Gasteiger partial charge in [0.05, 0.1) is 4.21 Å². The summed E-state index contributed by atoms with van der Waals surface area (Å²) in [4.78, 5) is 2.19. The van der Waals surface area contributed by atoms with E-state index in [0.29, 0.717) is 0 Å². The minimum Gasteiger partial charge on any atom is -0.315 e. The molecule has 0 atom stereocenters. The predicted molar refractivity (Wildman–Crippen MR) is 66.5 cm³/mol. The second kappa shape index (κ2) is 7.29. The molecule has 0 spiro atoms. The van der Waals surface area contributed by atoms with E-state index in [2.05, 4.69) is 41.8 Å². The van der Waals surface area contributed by atoms with Gasteiger partial charge in [0.2, 0.25) is 0 Å². The highest BCUT2D eigenvalue weighted by atomic mass is 32.2. The average Bonchev–Trinajstić information content (AvgIpc) is 2.63. The van der Waals surface area contributed by atoms with Gasteiger partial charge in [0.1, 0.15) is 0 Å². The van der Waals surface area contributed by atoms with Crippen LogP contribution in [0, 0.1) is 0 Å². The first-order valence-corrected chi connectivity index (χ1v) is 6.67. The van der Waals surface area contributed by atoms with Crippen molar-refractivity contribution in [3.8, 4) is 0 Å². The first-order chi connectivity index (χ1) is 6.79. The molecule has 0 radical (unpaired) electrons. The standard InChI is InChI=1S/C10H18N2S2/c1-12(2)7-5-11-6-9-14-10-4-3-8-13-10/h3-4,8,11H,5-7,9H2,1-2H3. The highest BCUT2D eigenvalue weighted by molar-refractivity contribution is 8.01. The van der Waals surface area contributed by atoms with Crippen LogP contribution in [0.25, 0.3) is 0 Å². The van der Waals surface area contributed by atoms with E-state index in [1.165, 1.54) is 4.21 Å². The summed E-state index contributed by atoms with van der Waals surface area (Å²) in [6, 6.07) is 4.28. The molecule has 0 aromatic carbocycles. The molecule has 0 amide bonds. The molecule has 0 aliphatic rings. The lowest BCUT2D eigenvalue weighted by Crippen LogP contribution is -2.27. The fourth-order valence-corrected chi connectivity index (χ4v) is 2.76. The maximum absolute atomic E-state index is 3.42. The molecule has 4 heteroatoms. The molecule has 80 valence electrons. The Bertz CT molecular complexity index is 222. The van der Waals surface area contributed by atoms with E-state index in [1.807, 2.05) is 23.1 Å². The molecular formula is C10H18N2S2. The number of nitrogens with one attached hydrogen (secondary N) is 1. The monoisotopic (exact) mass is 230 g/mol. The zero-order valence-corrected chi connectivity index (χ0v) is 10.5. The van der Waals surface area contributed by atoms with Gasteiger partial charge in [-0.2, -0.15) is 0 Å². The van der Waals surface area contributed by atoms with Crippen molar-refractivity contribution in [1.29, 1.82) is 0 Å². The molecule has 1 heterocycles. The lowest BCUT2D eigenvalue weighted by Gasteiger charge is -2.09. The number of thiophene rings is 1. The number of thioether (sulfide) groups is 1. The van der Waals surface area contributed by atoms with Crippen molar-refractivity contribution in [2.24, 2.45) is 0 Å². The third-order valence-corrected chi connectivity index (χ3v) is 3.89. The van der Waals surface area contributed by atoms with E-state index in [-0.39, 0.29) is 0 Å². The number of hydrogen-bond donors (Lipinski definition) is 1. The minimum absolute atomic E-state index is 1.08. The van der Waals surface area contributed by atoms with E-state index in [1.54, 1.807) is 0 Å². The molecule has 1 aromatic rings. The summed E-state index contributed by atoms with van der Waals surface area (Å²) in [5, 5.41) is 5.55. The van der Waals surface area contributed by atoms with Gasteiger partial charge in [-0.05, 0) is 25.5 Å². The Morgan fingerprint density at radius 2 is 2.29 bits per heavy atom. The Morgan fingerprint density at radius 3 is 2.93 bits per heavy atom. The zero-order chi connectivity index (χ0) is 10.2. The van der Waals surface area contributed by atoms with E-state index in [4.69, 9.17) is 0 Å². The molecule has 1 rings (SSSR count). The van der Waals surface area contributed by atoms with Crippen LogP contribution in [-0.4, -0.2) is 44.4 Å². The topological polar surface area (TPSA) is 15.3 Å². The molecular weight excluding hydrogens is 212 g/mol. The second-order valence-electron chi connectivity index (χ2n) is 3.33. The van der Waals surface area contributed by atoms with Crippen LogP contribution in [0.4, 0.5) is 0 Å². The van der Waals surface area contributed by atoms with Gasteiger partial charge in [-0.15, -0.1) is 23.1 Å². The molecule has 1 N–H and O–H groups in total. The normalized spacial score (nSPS) is 11.1. The van der Waals surface area contributed by atoms with Crippen LogP contribution in [0.15, 0.2) is 21.7 Å². The fourth-order valence-electron chi connectivity index (χ4n) is 0.997. The summed E-state index contributed by atoms with van der Waals surface area (Å²) in [6.07, 6.45) is 0. The van der Waals surface area contributed by atoms with E-state index in [9.17, 15) is 0 Å². The number of hydrogen-bond acceptors (Lipinski definition) is 4. The van der Waals surface area contributed by atoms with Crippen LogP contribution < -0.4 is 5.32 Å². The molecule has 0 saturated heterocycles. The minimum atomic E-state index is 1.08. The van der Waals surface area contributed by atoms with Gasteiger partial charge in [-0.1, -0.05) is 6.07 Å². The summed E-state index contributed by atoms with van der Waals surface area (Å²) in [7, 11) is 4.20. The number of likely N-dealkylation sites (N-methyl/N-ethyl adjacent to an activating group) is 1. The van der Waals surface area contributed by atoms with Gasteiger partial charge < -0.3 is 10.2 Å². The first-order valence-electron chi connectivity index (χ1n) is 4.81. The SMILES string of the molecule is CN(C)CCNCCSc1cccs1. The third kappa shape index (κ3) is 5.65. The summed E-state index contributed by atoms with van der Waals surface area (Å²) in [5.41, 5.74) is 0. The highest BCUT2D eigenvalue weighted by Crippen LogP contribution is 2.22. The maximum atomic E-state index is 3.42. The van der Waals surface area contributed by atoms with E-state index in [0.717, 1.165) is 25.4 Å². The summed E-state index contributed by atoms with van der Waals surface area (Å²) in [5.74, 6) is 1.16. The van der Waals surface area contributed by atoms with E-state index < -0.39 is 0 Å². The molecule has 0 fully saturated rings. The Hall–Kier alpha value is -0.0300. The van der Waals surface area contributed by atoms with Crippen LogP contribution in [0.5, 0.6) is 0 Å². The van der Waals surface area contributed by atoms with Crippen molar-refractivity contribution in [1.82, 2.24) is 10.2 Å². The van der Waals surface area contributed by atoms with Gasteiger partial charge in [0, 0.05) is 25.4 Å². The first kappa shape index (κ1) is 12.0. The molecule has 2 nitrogen and oxygen atoms in total. The molecule has 0 saturated carbocycles. The van der Waals surface area contributed by atoms with Crippen molar-refractivity contribution >= 4 is 23.1 Å². The quantitative estimate of drug-likeness (QED) is 0.570. The Kier molecular flexibility index (Phi) is 6.27. The van der Waals surface area contributed by atoms with Crippen LogP contribution in [0.3, 0.4) is 0 Å². The van der Waals surface area contributed by atoms with Crippen LogP contribution in [-0.2, 0) is 0 Å². The lowest BCUT2D eigenvalue weighted by atomic mass is 10.5. The van der Waals surface area contributed by atoms with Gasteiger partial charge >= 0.3 is 0 Å². The molecule has 0 unspecified atom stereocenters. The highest BCUT2D eigenvalue weighted by Gasteiger charge is 1.94. The van der Waals surface area contributed by atoms with E-state index >= 15 is 0 Å². The summed E-state index contributed by atoms with van der Waals surface area (Å²) in [6.45, 7) is 3.29. The molecule has 0 aliphatic heterocycles. The summed E-state index contributed by atoms with van der Waals surface area (Å²) < 4.78 is 1.42. The molecule has 14 heavy (non-hydrogen) atoms. The van der Waals surface area contributed by atoms with Crippen LogP contribution >= 0.6 is 23.1 Å². The van der Waals surface area contributed by atoms with Gasteiger partial charge in [0.25, 0.3) is 0 Å². The van der Waals surface area contributed by atoms with Gasteiger partial charge in [-0.3, -0.25) is 0 Å². The van der Waals surface area contributed by atoms with Crippen molar-refractivity contribution in [2.45, 2.75) is 4.21 Å².